The predicted molar refractivity (Wildman–Crippen MR) is 85.1 cm³/mol. The van der Waals surface area contributed by atoms with Crippen molar-refractivity contribution in [2.45, 2.75) is 12.3 Å². The molecule has 0 spiro atoms. The maximum absolute atomic E-state index is 12.3. The molecule has 2 rings (SSSR count). The van der Waals surface area contributed by atoms with E-state index in [2.05, 4.69) is 5.32 Å². The summed E-state index contributed by atoms with van der Waals surface area (Å²) in [5, 5.41) is 2.59. The van der Waals surface area contributed by atoms with Crippen molar-refractivity contribution in [1.82, 2.24) is 5.32 Å². The van der Waals surface area contributed by atoms with Gasteiger partial charge in [-0.05, 0) is 24.6 Å². The summed E-state index contributed by atoms with van der Waals surface area (Å²) < 4.78 is 5.22. The van der Waals surface area contributed by atoms with E-state index >= 15 is 0 Å². The lowest BCUT2D eigenvalue weighted by Gasteiger charge is -2.13. The third kappa shape index (κ3) is 3.99. The van der Waals surface area contributed by atoms with Crippen molar-refractivity contribution in [2.24, 2.45) is 0 Å². The number of rotatable bonds is 5. The molecule has 1 N–H and O–H groups in total. The van der Waals surface area contributed by atoms with Crippen LogP contribution in [0.4, 0.5) is 0 Å². The van der Waals surface area contributed by atoms with Gasteiger partial charge in [0.1, 0.15) is 5.75 Å². The summed E-state index contributed by atoms with van der Waals surface area (Å²) in [4.78, 5) is 12.3. The van der Waals surface area contributed by atoms with E-state index in [0.717, 1.165) is 11.1 Å². The zero-order valence-corrected chi connectivity index (χ0v) is 12.9. The Kier molecular flexibility index (Phi) is 5.23. The van der Waals surface area contributed by atoms with Gasteiger partial charge in [-0.25, -0.2) is 0 Å². The highest BCUT2D eigenvalue weighted by Gasteiger charge is 2.14. The van der Waals surface area contributed by atoms with Gasteiger partial charge in [0.2, 0.25) is 0 Å². The van der Waals surface area contributed by atoms with Crippen LogP contribution in [0.3, 0.4) is 0 Å². The lowest BCUT2D eigenvalue weighted by Crippen LogP contribution is -2.27. The molecule has 0 aliphatic carbocycles. The molecule has 0 saturated carbocycles. The molecule has 21 heavy (non-hydrogen) atoms. The highest BCUT2D eigenvalue weighted by molar-refractivity contribution is 6.21. The number of hydrogen-bond acceptors (Lipinski definition) is 2. The Balaban J connectivity index is 2.04. The Bertz CT molecular complexity index is 613. The lowest BCUT2D eigenvalue weighted by atomic mass is 10.1. The third-order valence-corrected chi connectivity index (χ3v) is 3.61. The molecule has 1 atom stereocenters. The maximum Gasteiger partial charge on any atom is 0.255 e. The zero-order valence-electron chi connectivity index (χ0n) is 12.1. The van der Waals surface area contributed by atoms with E-state index < -0.39 is 0 Å². The van der Waals surface area contributed by atoms with E-state index in [9.17, 15) is 4.79 Å². The molecule has 4 heteroatoms. The maximum atomic E-state index is 12.3. The second-order valence-corrected chi connectivity index (χ2v) is 5.32. The van der Waals surface area contributed by atoms with Crippen LogP contribution in [-0.2, 0) is 0 Å². The quantitative estimate of drug-likeness (QED) is 0.855. The molecule has 0 fully saturated rings. The van der Waals surface area contributed by atoms with Crippen LogP contribution in [0.2, 0.25) is 0 Å². The van der Waals surface area contributed by atoms with E-state index in [1.54, 1.807) is 19.2 Å². The van der Waals surface area contributed by atoms with E-state index in [0.29, 0.717) is 17.9 Å². The second-order valence-electron chi connectivity index (χ2n) is 4.79. The Morgan fingerprint density at radius 1 is 1.24 bits per heavy atom. The number of benzene rings is 2. The molecule has 0 bridgehead atoms. The van der Waals surface area contributed by atoms with Gasteiger partial charge in [-0.3, -0.25) is 4.79 Å². The fraction of sp³-hybridized carbons (Fsp3) is 0.235. The molecule has 1 unspecified atom stereocenters. The monoisotopic (exact) mass is 303 g/mol. The first-order valence-corrected chi connectivity index (χ1v) is 7.17. The second kappa shape index (κ2) is 7.14. The number of methoxy groups -OCH3 is 1. The molecule has 1 amide bonds. The van der Waals surface area contributed by atoms with Crippen LogP contribution in [0, 0.1) is 6.92 Å². The van der Waals surface area contributed by atoms with Crippen molar-refractivity contribution < 1.29 is 9.53 Å². The van der Waals surface area contributed by atoms with E-state index in [-0.39, 0.29) is 11.3 Å². The number of amides is 1. The molecule has 0 aromatic heterocycles. The molecule has 0 heterocycles. The fourth-order valence-electron chi connectivity index (χ4n) is 2.06. The number of nitrogens with one attached hydrogen (secondary N) is 1. The normalized spacial score (nSPS) is 11.8. The number of hydrogen-bond donors (Lipinski definition) is 1. The fourth-order valence-corrected chi connectivity index (χ4v) is 2.28. The van der Waals surface area contributed by atoms with E-state index in [4.69, 9.17) is 16.3 Å². The molecule has 3 nitrogen and oxygen atoms in total. The summed E-state index contributed by atoms with van der Waals surface area (Å²) in [5.41, 5.74) is 2.51. The van der Waals surface area contributed by atoms with Gasteiger partial charge in [-0.1, -0.05) is 42.0 Å². The number of alkyl halides is 1. The Morgan fingerprint density at radius 2 is 1.95 bits per heavy atom. The summed E-state index contributed by atoms with van der Waals surface area (Å²) in [6.07, 6.45) is 0. The molecule has 0 aliphatic heterocycles. The number of aryl methyl sites for hydroxylation is 1. The first kappa shape index (κ1) is 15.4. The largest absolute Gasteiger partial charge is 0.496 e. The zero-order chi connectivity index (χ0) is 15.2. The van der Waals surface area contributed by atoms with Gasteiger partial charge in [0.25, 0.3) is 5.91 Å². The topological polar surface area (TPSA) is 38.3 Å². The number of carbonyl (C=O) groups is 1. The summed E-state index contributed by atoms with van der Waals surface area (Å²) in [5.74, 6) is 0.376. The van der Waals surface area contributed by atoms with Crippen LogP contribution in [0.1, 0.15) is 26.9 Å². The predicted octanol–water partition coefficient (Wildman–Crippen LogP) is 3.71. The van der Waals surface area contributed by atoms with E-state index in [1.807, 2.05) is 43.3 Å². The first-order chi connectivity index (χ1) is 10.1. The Hall–Kier alpha value is -2.00. The lowest BCUT2D eigenvalue weighted by molar-refractivity contribution is 0.0950. The molecule has 2 aromatic carbocycles. The minimum atomic E-state index is -0.258. The van der Waals surface area contributed by atoms with Crippen molar-refractivity contribution in [3.05, 3.63) is 65.2 Å². The summed E-state index contributed by atoms with van der Waals surface area (Å²) in [6, 6.07) is 15.2. The number of carbonyl (C=O) groups excluding carboxylic acids is 1. The van der Waals surface area contributed by atoms with Crippen molar-refractivity contribution in [1.29, 1.82) is 0 Å². The van der Waals surface area contributed by atoms with Crippen LogP contribution in [-0.4, -0.2) is 19.6 Å². The molecule has 0 radical (unpaired) electrons. The SMILES string of the molecule is COc1ccc(C)cc1C(=O)NCC(Cl)c1ccccc1. The molecular weight excluding hydrogens is 286 g/mol. The van der Waals surface area contributed by atoms with Gasteiger partial charge in [0, 0.05) is 6.54 Å². The summed E-state index contributed by atoms with van der Waals surface area (Å²) in [7, 11) is 1.55. The highest BCUT2D eigenvalue weighted by atomic mass is 35.5. The number of halogens is 1. The minimum absolute atomic E-state index is 0.183. The summed E-state index contributed by atoms with van der Waals surface area (Å²) in [6.45, 7) is 2.30. The molecule has 110 valence electrons. The van der Waals surface area contributed by atoms with Crippen LogP contribution >= 0.6 is 11.6 Å². The molecular formula is C17H18ClNO2. The number of ether oxygens (including phenoxy) is 1. The minimum Gasteiger partial charge on any atom is -0.496 e. The van der Waals surface area contributed by atoms with Crippen LogP contribution in [0.15, 0.2) is 48.5 Å². The van der Waals surface area contributed by atoms with Gasteiger partial charge in [-0.15, -0.1) is 11.6 Å². The van der Waals surface area contributed by atoms with Gasteiger partial charge < -0.3 is 10.1 Å². The van der Waals surface area contributed by atoms with Gasteiger partial charge in [-0.2, -0.15) is 0 Å². The average Bonchev–Trinajstić information content (AvgIpc) is 2.53. The highest BCUT2D eigenvalue weighted by Crippen LogP contribution is 2.21. The smallest absolute Gasteiger partial charge is 0.255 e. The molecule has 2 aromatic rings. The average molecular weight is 304 g/mol. The van der Waals surface area contributed by atoms with Gasteiger partial charge in [0.15, 0.2) is 0 Å². The van der Waals surface area contributed by atoms with Gasteiger partial charge >= 0.3 is 0 Å². The van der Waals surface area contributed by atoms with Crippen LogP contribution < -0.4 is 10.1 Å². The van der Waals surface area contributed by atoms with Crippen molar-refractivity contribution in [3.8, 4) is 5.75 Å². The van der Waals surface area contributed by atoms with Gasteiger partial charge in [0.05, 0.1) is 18.1 Å². The van der Waals surface area contributed by atoms with Crippen molar-refractivity contribution in [3.63, 3.8) is 0 Å². The van der Waals surface area contributed by atoms with Crippen molar-refractivity contribution in [2.75, 3.05) is 13.7 Å². The van der Waals surface area contributed by atoms with E-state index in [1.165, 1.54) is 0 Å². The van der Waals surface area contributed by atoms with Crippen LogP contribution in [0.5, 0.6) is 5.75 Å². The standard InChI is InChI=1S/C17H18ClNO2/c1-12-8-9-16(21-2)14(10-12)17(20)19-11-15(18)13-6-4-3-5-7-13/h3-10,15H,11H2,1-2H3,(H,19,20). The van der Waals surface area contributed by atoms with Crippen molar-refractivity contribution >= 4 is 17.5 Å². The Morgan fingerprint density at radius 3 is 2.62 bits per heavy atom. The Labute approximate surface area is 129 Å². The molecule has 0 aliphatic rings. The third-order valence-electron chi connectivity index (χ3n) is 3.20. The first-order valence-electron chi connectivity index (χ1n) is 6.73. The molecule has 0 saturated heterocycles. The summed E-state index contributed by atoms with van der Waals surface area (Å²) >= 11 is 6.30. The van der Waals surface area contributed by atoms with Crippen LogP contribution in [0.25, 0.3) is 0 Å².